The van der Waals surface area contributed by atoms with E-state index in [1.165, 1.54) is 10.8 Å². The van der Waals surface area contributed by atoms with Crippen LogP contribution in [-0.4, -0.2) is 13.2 Å². The minimum absolute atomic E-state index is 0.0851. The molecule has 142 valence electrons. The minimum Gasteiger partial charge on any atom is -0.507 e. The summed E-state index contributed by atoms with van der Waals surface area (Å²) in [6.07, 6.45) is 0. The van der Waals surface area contributed by atoms with Crippen molar-refractivity contribution in [3.8, 4) is 5.75 Å². The summed E-state index contributed by atoms with van der Waals surface area (Å²) in [7, 11) is -1.69. The van der Waals surface area contributed by atoms with E-state index in [1.807, 2.05) is 0 Å². The minimum atomic E-state index is -1.69. The van der Waals surface area contributed by atoms with Gasteiger partial charge in [-0.25, -0.2) is 0 Å². The smallest absolute Gasteiger partial charge is 0.123 e. The van der Waals surface area contributed by atoms with Crippen LogP contribution in [0, 0.1) is 0 Å². The Morgan fingerprint density at radius 1 is 0.808 bits per heavy atom. The van der Waals surface area contributed by atoms with Gasteiger partial charge in [0.05, 0.1) is 8.07 Å². The fraction of sp³-hybridized carbons (Fsp3) is 0.500. The summed E-state index contributed by atoms with van der Waals surface area (Å²) in [4.78, 5) is 0. The first kappa shape index (κ1) is 20.8. The molecule has 0 aliphatic carbocycles. The molecule has 2 rings (SSSR count). The Labute approximate surface area is 161 Å². The second-order valence-electron chi connectivity index (χ2n) is 10.3. The van der Waals surface area contributed by atoms with Crippen molar-refractivity contribution in [2.45, 2.75) is 77.9 Å². The van der Waals surface area contributed by atoms with Crippen molar-refractivity contribution >= 4 is 13.3 Å². The third-order valence-electron chi connectivity index (χ3n) is 5.85. The van der Waals surface area contributed by atoms with E-state index in [-0.39, 0.29) is 10.8 Å². The lowest BCUT2D eigenvalue weighted by atomic mass is 9.78. The molecule has 0 radical (unpaired) electrons. The summed E-state index contributed by atoms with van der Waals surface area (Å²) in [5, 5.41) is 12.5. The second-order valence-corrected chi connectivity index (χ2v) is 15.2. The van der Waals surface area contributed by atoms with Crippen LogP contribution in [0.4, 0.5) is 0 Å². The number of hydrogen-bond acceptors (Lipinski definition) is 1. The molecule has 0 saturated carbocycles. The van der Waals surface area contributed by atoms with E-state index in [9.17, 15) is 5.11 Å². The van der Waals surface area contributed by atoms with Gasteiger partial charge in [-0.3, -0.25) is 0 Å². The zero-order valence-corrected chi connectivity index (χ0v) is 19.1. The molecule has 0 amide bonds. The third-order valence-corrected chi connectivity index (χ3v) is 10.2. The third kappa shape index (κ3) is 4.06. The molecule has 1 N–H and O–H groups in total. The number of benzene rings is 2. The van der Waals surface area contributed by atoms with Crippen LogP contribution >= 0.6 is 0 Å². The zero-order valence-electron chi connectivity index (χ0n) is 18.1. The second kappa shape index (κ2) is 6.88. The van der Waals surface area contributed by atoms with E-state index >= 15 is 0 Å². The van der Waals surface area contributed by atoms with E-state index < -0.39 is 8.07 Å². The van der Waals surface area contributed by atoms with E-state index in [2.05, 4.69) is 104 Å². The van der Waals surface area contributed by atoms with Gasteiger partial charge in [-0.15, -0.1) is 0 Å². The van der Waals surface area contributed by atoms with E-state index in [0.717, 1.165) is 11.1 Å². The molecule has 0 bridgehead atoms. The van der Waals surface area contributed by atoms with Gasteiger partial charge in [0.2, 0.25) is 0 Å². The highest BCUT2D eigenvalue weighted by molar-refractivity contribution is 6.90. The molecule has 0 spiro atoms. The van der Waals surface area contributed by atoms with Gasteiger partial charge in [0.15, 0.2) is 0 Å². The summed E-state index contributed by atoms with van der Waals surface area (Å²) in [6.45, 7) is 20.4. The molecular formula is C24H36OSi. The van der Waals surface area contributed by atoms with Crippen molar-refractivity contribution in [2.24, 2.45) is 0 Å². The average molecular weight is 369 g/mol. The Balaban J connectivity index is 2.66. The van der Waals surface area contributed by atoms with E-state index in [1.54, 1.807) is 0 Å². The maximum Gasteiger partial charge on any atom is 0.123 e. The van der Waals surface area contributed by atoms with Gasteiger partial charge in [0.1, 0.15) is 5.75 Å². The highest BCUT2D eigenvalue weighted by Gasteiger charge is 2.34. The maximum atomic E-state index is 11.0. The van der Waals surface area contributed by atoms with Crippen LogP contribution in [0.25, 0.3) is 0 Å². The summed E-state index contributed by atoms with van der Waals surface area (Å²) < 4.78 is 0. The van der Waals surface area contributed by atoms with Gasteiger partial charge in [-0.05, 0) is 33.1 Å². The van der Waals surface area contributed by atoms with Crippen LogP contribution in [0.3, 0.4) is 0 Å². The number of phenolic OH excluding ortho intramolecular Hbond substituents is 1. The molecule has 0 heterocycles. The fourth-order valence-electron chi connectivity index (χ4n) is 3.58. The monoisotopic (exact) mass is 368 g/mol. The Bertz CT molecular complexity index is 726. The Morgan fingerprint density at radius 2 is 1.23 bits per heavy atom. The lowest BCUT2D eigenvalue weighted by Gasteiger charge is -2.34. The topological polar surface area (TPSA) is 20.2 Å². The molecule has 1 unspecified atom stereocenters. The van der Waals surface area contributed by atoms with E-state index in [0.29, 0.717) is 11.3 Å². The Kier molecular flexibility index (Phi) is 5.50. The highest BCUT2D eigenvalue weighted by atomic mass is 28.3. The lowest BCUT2D eigenvalue weighted by molar-refractivity contribution is 0.422. The van der Waals surface area contributed by atoms with E-state index in [4.69, 9.17) is 0 Å². The van der Waals surface area contributed by atoms with Gasteiger partial charge in [-0.1, -0.05) is 109 Å². The Hall–Kier alpha value is -1.54. The van der Waals surface area contributed by atoms with Crippen molar-refractivity contribution in [1.82, 2.24) is 0 Å². The molecule has 1 atom stereocenters. The summed E-state index contributed by atoms with van der Waals surface area (Å²) in [6, 6.07) is 15.5. The SMILES string of the molecule is CC(c1cc(C(C)(C)C)c(O)c(C(C)(C)C)c1)[Si](C)(C)c1ccccc1. The van der Waals surface area contributed by atoms with Crippen LogP contribution in [0.15, 0.2) is 42.5 Å². The van der Waals surface area contributed by atoms with Gasteiger partial charge < -0.3 is 5.11 Å². The Morgan fingerprint density at radius 3 is 1.62 bits per heavy atom. The van der Waals surface area contributed by atoms with Crippen molar-refractivity contribution in [3.05, 3.63) is 59.2 Å². The quantitative estimate of drug-likeness (QED) is 0.635. The first-order valence-electron chi connectivity index (χ1n) is 9.69. The molecule has 2 heteroatoms. The molecule has 2 aromatic rings. The van der Waals surface area contributed by atoms with Gasteiger partial charge in [0.25, 0.3) is 0 Å². The zero-order chi connectivity index (χ0) is 19.9. The average Bonchev–Trinajstić information content (AvgIpc) is 2.53. The first-order valence-corrected chi connectivity index (χ1v) is 12.8. The molecule has 0 saturated heterocycles. The number of hydrogen-bond donors (Lipinski definition) is 1. The van der Waals surface area contributed by atoms with Crippen molar-refractivity contribution < 1.29 is 5.11 Å². The molecular weight excluding hydrogens is 332 g/mol. The van der Waals surface area contributed by atoms with Gasteiger partial charge in [0, 0.05) is 0 Å². The van der Waals surface area contributed by atoms with Crippen molar-refractivity contribution in [3.63, 3.8) is 0 Å². The number of phenols is 1. The van der Waals surface area contributed by atoms with Crippen molar-refractivity contribution in [2.75, 3.05) is 0 Å². The molecule has 0 fully saturated rings. The number of aromatic hydroxyl groups is 1. The fourth-order valence-corrected chi connectivity index (χ4v) is 6.14. The van der Waals surface area contributed by atoms with Gasteiger partial charge in [-0.2, -0.15) is 0 Å². The predicted octanol–water partition coefficient (Wildman–Crippen LogP) is 6.25. The van der Waals surface area contributed by atoms with Crippen LogP contribution in [-0.2, 0) is 10.8 Å². The van der Waals surface area contributed by atoms with Crippen LogP contribution < -0.4 is 5.19 Å². The maximum absolute atomic E-state index is 11.0. The van der Waals surface area contributed by atoms with Crippen molar-refractivity contribution in [1.29, 1.82) is 0 Å². The molecule has 2 aromatic carbocycles. The van der Waals surface area contributed by atoms with Crippen LogP contribution in [0.2, 0.25) is 13.1 Å². The standard InChI is InChI=1S/C24H36OSi/c1-17(26(8,9)19-13-11-10-12-14-19)18-15-20(23(2,3)4)22(25)21(16-18)24(5,6)7/h10-17,25H,1-9H3. The summed E-state index contributed by atoms with van der Waals surface area (Å²) in [5.41, 5.74) is 3.77. The lowest BCUT2D eigenvalue weighted by Crippen LogP contribution is -2.46. The summed E-state index contributed by atoms with van der Waals surface area (Å²) >= 11 is 0. The first-order chi connectivity index (χ1) is 11.8. The predicted molar refractivity (Wildman–Crippen MR) is 117 cm³/mol. The molecule has 0 aliphatic heterocycles. The molecule has 0 aliphatic rings. The number of rotatable bonds is 3. The summed E-state index contributed by atoms with van der Waals surface area (Å²) in [5.74, 6) is 0.472. The normalized spacial score (nSPS) is 14.3. The van der Waals surface area contributed by atoms with Gasteiger partial charge >= 0.3 is 0 Å². The highest BCUT2D eigenvalue weighted by Crippen LogP contribution is 2.42. The molecule has 0 aromatic heterocycles. The van der Waals surface area contributed by atoms with Crippen LogP contribution in [0.5, 0.6) is 5.75 Å². The largest absolute Gasteiger partial charge is 0.507 e. The molecule has 1 nitrogen and oxygen atoms in total. The van der Waals surface area contributed by atoms with Crippen LogP contribution in [0.1, 0.15) is 70.7 Å². The molecule has 26 heavy (non-hydrogen) atoms.